The van der Waals surface area contributed by atoms with Crippen molar-refractivity contribution in [3.8, 4) is 0 Å². The molecule has 0 aliphatic carbocycles. The van der Waals surface area contributed by atoms with Gasteiger partial charge in [-0.3, -0.25) is 4.79 Å². The summed E-state index contributed by atoms with van der Waals surface area (Å²) in [6.07, 6.45) is 7.54. The molecule has 0 saturated heterocycles. The molecule has 0 aliphatic heterocycles. The monoisotopic (exact) mass is 224 g/mol. The van der Waals surface area contributed by atoms with Gasteiger partial charge in [0.15, 0.2) is 0 Å². The lowest BCUT2D eigenvalue weighted by Gasteiger charge is -2.13. The van der Waals surface area contributed by atoms with Gasteiger partial charge < -0.3 is 4.74 Å². The first kappa shape index (κ1) is 17.1. The van der Waals surface area contributed by atoms with Crippen LogP contribution in [-0.4, -0.2) is 12.1 Å². The van der Waals surface area contributed by atoms with Crippen molar-refractivity contribution < 1.29 is 9.53 Å². The molecule has 0 spiro atoms. The summed E-state index contributed by atoms with van der Waals surface area (Å²) >= 11 is 0. The Bertz CT molecular complexity index is 249. The first-order chi connectivity index (χ1) is 7.65. The van der Waals surface area contributed by atoms with E-state index in [1.807, 2.05) is 45.9 Å². The van der Waals surface area contributed by atoms with E-state index in [0.717, 1.165) is 5.57 Å². The van der Waals surface area contributed by atoms with Crippen molar-refractivity contribution in [1.29, 1.82) is 0 Å². The van der Waals surface area contributed by atoms with E-state index < -0.39 is 0 Å². The third kappa shape index (κ3) is 8.04. The zero-order valence-corrected chi connectivity index (χ0v) is 11.1. The lowest BCUT2D eigenvalue weighted by Crippen LogP contribution is -2.15. The van der Waals surface area contributed by atoms with Crippen molar-refractivity contribution in [2.45, 2.75) is 47.1 Å². The summed E-state index contributed by atoms with van der Waals surface area (Å²) in [5.41, 5.74) is 0.948. The Morgan fingerprint density at radius 1 is 1.44 bits per heavy atom. The van der Waals surface area contributed by atoms with E-state index in [-0.39, 0.29) is 12.1 Å². The summed E-state index contributed by atoms with van der Waals surface area (Å²) in [7, 11) is 0. The van der Waals surface area contributed by atoms with Crippen molar-refractivity contribution >= 4 is 5.97 Å². The molecule has 0 radical (unpaired) electrons. The predicted molar refractivity (Wildman–Crippen MR) is 70.3 cm³/mol. The second-order valence-corrected chi connectivity index (χ2v) is 2.89. The molecule has 92 valence electrons. The molecule has 0 aromatic carbocycles. The van der Waals surface area contributed by atoms with Gasteiger partial charge in [0.2, 0.25) is 0 Å². The average Bonchev–Trinajstić information content (AvgIpc) is 2.31. The minimum Gasteiger partial charge on any atom is -0.458 e. The second-order valence-electron chi connectivity index (χ2n) is 2.89. The quantitative estimate of drug-likeness (QED) is 0.520. The molecule has 0 rings (SSSR count). The molecule has 0 aromatic heterocycles. The molecular weight excluding hydrogens is 200 g/mol. The van der Waals surface area contributed by atoms with Crippen LogP contribution in [0.2, 0.25) is 0 Å². The van der Waals surface area contributed by atoms with E-state index >= 15 is 0 Å². The maximum atomic E-state index is 11.0. The highest BCUT2D eigenvalue weighted by Crippen LogP contribution is 2.09. The molecule has 0 saturated carbocycles. The lowest BCUT2D eigenvalue weighted by atomic mass is 10.1. The van der Waals surface area contributed by atoms with E-state index in [1.54, 1.807) is 13.0 Å². The highest BCUT2D eigenvalue weighted by molar-refractivity contribution is 5.69. The number of rotatable bonds is 5. The van der Waals surface area contributed by atoms with Crippen molar-refractivity contribution in [3.05, 3.63) is 36.5 Å². The largest absolute Gasteiger partial charge is 0.458 e. The minimum atomic E-state index is -0.211. The zero-order chi connectivity index (χ0) is 13.0. The highest BCUT2D eigenvalue weighted by Gasteiger charge is 2.09. The molecule has 0 bridgehead atoms. The van der Waals surface area contributed by atoms with Gasteiger partial charge >= 0.3 is 5.97 Å². The smallest absolute Gasteiger partial charge is 0.306 e. The summed E-state index contributed by atoms with van der Waals surface area (Å²) in [5.74, 6) is -0.183. The highest BCUT2D eigenvalue weighted by atomic mass is 16.5. The van der Waals surface area contributed by atoms with Crippen LogP contribution >= 0.6 is 0 Å². The first-order valence-electron chi connectivity index (χ1n) is 5.80. The fourth-order valence-electron chi connectivity index (χ4n) is 1.00. The van der Waals surface area contributed by atoms with Crippen LogP contribution in [0.15, 0.2) is 36.5 Å². The number of allylic oxidation sites excluding steroid dienone is 3. The summed E-state index contributed by atoms with van der Waals surface area (Å²) in [6, 6.07) is 0. The van der Waals surface area contributed by atoms with Crippen LogP contribution in [0.25, 0.3) is 0 Å². The Morgan fingerprint density at radius 3 is 2.38 bits per heavy atom. The summed E-state index contributed by atoms with van der Waals surface area (Å²) in [5, 5.41) is 0. The van der Waals surface area contributed by atoms with E-state index in [2.05, 4.69) is 6.58 Å². The standard InChI is InChI=1S/C12H18O2.C2H6/c1-5-8-11(9-6-2)10(4)14-12(13)7-3;1-2/h5-6,8-10H,1,7H2,2-4H3;1-2H3/b9-6-,11-8+;. The van der Waals surface area contributed by atoms with E-state index in [4.69, 9.17) is 4.74 Å². The minimum absolute atomic E-state index is 0.183. The van der Waals surface area contributed by atoms with Crippen LogP contribution in [0.3, 0.4) is 0 Å². The van der Waals surface area contributed by atoms with Crippen LogP contribution < -0.4 is 0 Å². The van der Waals surface area contributed by atoms with Crippen LogP contribution in [0.5, 0.6) is 0 Å². The number of carbonyl (C=O) groups excluding carboxylic acids is 1. The lowest BCUT2D eigenvalue weighted by molar-refractivity contribution is -0.146. The van der Waals surface area contributed by atoms with Gasteiger partial charge in [-0.25, -0.2) is 0 Å². The molecule has 0 heterocycles. The van der Waals surface area contributed by atoms with Crippen LogP contribution in [0.4, 0.5) is 0 Å². The van der Waals surface area contributed by atoms with Gasteiger partial charge in [0, 0.05) is 6.42 Å². The predicted octanol–water partition coefficient (Wildman–Crippen LogP) is 4.04. The molecule has 0 aliphatic rings. The Balaban J connectivity index is 0. The number of ether oxygens (including phenoxy) is 1. The first-order valence-corrected chi connectivity index (χ1v) is 5.80. The van der Waals surface area contributed by atoms with E-state index in [0.29, 0.717) is 6.42 Å². The summed E-state index contributed by atoms with van der Waals surface area (Å²) in [4.78, 5) is 11.0. The fourth-order valence-corrected chi connectivity index (χ4v) is 1.00. The van der Waals surface area contributed by atoms with Crippen molar-refractivity contribution in [3.63, 3.8) is 0 Å². The maximum Gasteiger partial charge on any atom is 0.306 e. The molecular formula is C14H24O2. The van der Waals surface area contributed by atoms with Gasteiger partial charge in [0.05, 0.1) is 0 Å². The van der Waals surface area contributed by atoms with Crippen molar-refractivity contribution in [1.82, 2.24) is 0 Å². The summed E-state index contributed by atoms with van der Waals surface area (Å²) in [6.45, 7) is 13.2. The Morgan fingerprint density at radius 2 is 2.00 bits per heavy atom. The van der Waals surface area contributed by atoms with E-state index in [1.165, 1.54) is 0 Å². The van der Waals surface area contributed by atoms with Crippen LogP contribution in [0.1, 0.15) is 41.0 Å². The normalized spacial score (nSPS) is 12.7. The summed E-state index contributed by atoms with van der Waals surface area (Å²) < 4.78 is 5.16. The third-order valence-corrected chi connectivity index (χ3v) is 1.74. The Hall–Kier alpha value is -1.31. The SMILES string of the molecule is C=C/C=C(\C=C/C)C(C)OC(=O)CC.CC. The Kier molecular flexibility index (Phi) is 12.6. The van der Waals surface area contributed by atoms with Gasteiger partial charge in [-0.1, -0.05) is 51.7 Å². The maximum absolute atomic E-state index is 11.0. The molecule has 0 fully saturated rings. The van der Waals surface area contributed by atoms with Gasteiger partial charge in [-0.05, 0) is 19.4 Å². The molecule has 0 amide bonds. The van der Waals surface area contributed by atoms with Crippen LogP contribution in [-0.2, 0) is 9.53 Å². The molecule has 2 nitrogen and oxygen atoms in total. The number of esters is 1. The number of hydrogen-bond donors (Lipinski definition) is 0. The average molecular weight is 224 g/mol. The molecule has 1 unspecified atom stereocenters. The zero-order valence-electron chi connectivity index (χ0n) is 11.1. The molecule has 0 aromatic rings. The molecule has 0 N–H and O–H groups in total. The molecule has 2 heteroatoms. The second kappa shape index (κ2) is 11.8. The topological polar surface area (TPSA) is 26.3 Å². The fraction of sp³-hybridized carbons (Fsp3) is 0.500. The number of hydrogen-bond acceptors (Lipinski definition) is 2. The van der Waals surface area contributed by atoms with Crippen LogP contribution in [0, 0.1) is 0 Å². The van der Waals surface area contributed by atoms with Gasteiger partial charge in [-0.2, -0.15) is 0 Å². The molecule has 16 heavy (non-hydrogen) atoms. The van der Waals surface area contributed by atoms with Gasteiger partial charge in [0.1, 0.15) is 6.10 Å². The number of carbonyl (C=O) groups is 1. The van der Waals surface area contributed by atoms with Gasteiger partial charge in [0.25, 0.3) is 0 Å². The van der Waals surface area contributed by atoms with Crippen molar-refractivity contribution in [2.75, 3.05) is 0 Å². The third-order valence-electron chi connectivity index (χ3n) is 1.74. The van der Waals surface area contributed by atoms with Gasteiger partial charge in [-0.15, -0.1) is 0 Å². The molecule has 1 atom stereocenters. The Labute approximate surface area is 99.7 Å². The van der Waals surface area contributed by atoms with Crippen molar-refractivity contribution in [2.24, 2.45) is 0 Å². The van der Waals surface area contributed by atoms with E-state index in [9.17, 15) is 4.79 Å².